The number of hydrogen-bond donors (Lipinski definition) is 1. The molecule has 0 aromatic heterocycles. The van der Waals surface area contributed by atoms with Crippen LogP contribution in [0.4, 0.5) is 5.69 Å². The topological polar surface area (TPSA) is 47.6 Å². The molecule has 1 aliphatic rings. The minimum atomic E-state index is -0.288. The molecule has 132 valence electrons. The van der Waals surface area contributed by atoms with Crippen LogP contribution in [-0.4, -0.2) is 19.1 Å². The van der Waals surface area contributed by atoms with Gasteiger partial charge in [-0.25, -0.2) is 0 Å². The van der Waals surface area contributed by atoms with Gasteiger partial charge in [-0.1, -0.05) is 45.0 Å². The van der Waals surface area contributed by atoms with Gasteiger partial charge in [0.15, 0.2) is 11.5 Å². The summed E-state index contributed by atoms with van der Waals surface area (Å²) >= 11 is 0. The lowest BCUT2D eigenvalue weighted by atomic mass is 9.85. The van der Waals surface area contributed by atoms with Crippen molar-refractivity contribution in [1.29, 1.82) is 0 Å². The first-order chi connectivity index (χ1) is 11.9. The highest BCUT2D eigenvalue weighted by Gasteiger charge is 2.22. The van der Waals surface area contributed by atoms with Crippen LogP contribution in [0.25, 0.3) is 0 Å². The molecule has 1 unspecified atom stereocenters. The molecule has 2 aromatic rings. The van der Waals surface area contributed by atoms with Crippen LogP contribution in [-0.2, 0) is 10.2 Å². The van der Waals surface area contributed by atoms with Gasteiger partial charge in [-0.3, -0.25) is 4.79 Å². The molecule has 0 radical (unpaired) electrons. The normalized spacial score (nSPS) is 14.7. The van der Waals surface area contributed by atoms with Crippen LogP contribution in [0.1, 0.15) is 44.7 Å². The van der Waals surface area contributed by atoms with Gasteiger partial charge < -0.3 is 14.8 Å². The molecular formula is C21H25NO3. The molecule has 2 aromatic carbocycles. The van der Waals surface area contributed by atoms with Crippen LogP contribution in [0, 0.1) is 0 Å². The summed E-state index contributed by atoms with van der Waals surface area (Å²) in [6, 6.07) is 13.7. The van der Waals surface area contributed by atoms with Crippen molar-refractivity contribution in [2.45, 2.75) is 39.0 Å². The quantitative estimate of drug-likeness (QED) is 0.896. The average molecular weight is 339 g/mol. The third-order valence-corrected chi connectivity index (χ3v) is 4.45. The summed E-state index contributed by atoms with van der Waals surface area (Å²) in [5.41, 5.74) is 2.86. The van der Waals surface area contributed by atoms with Crippen molar-refractivity contribution in [3.05, 3.63) is 53.6 Å². The van der Waals surface area contributed by atoms with Crippen molar-refractivity contribution in [3.8, 4) is 11.5 Å². The van der Waals surface area contributed by atoms with E-state index in [9.17, 15) is 4.79 Å². The summed E-state index contributed by atoms with van der Waals surface area (Å²) in [7, 11) is 0. The van der Waals surface area contributed by atoms with Crippen molar-refractivity contribution < 1.29 is 14.3 Å². The molecule has 0 aliphatic carbocycles. The van der Waals surface area contributed by atoms with E-state index in [2.05, 4.69) is 32.2 Å². The monoisotopic (exact) mass is 339 g/mol. The molecule has 0 bridgehead atoms. The molecule has 25 heavy (non-hydrogen) atoms. The second-order valence-electron chi connectivity index (χ2n) is 7.41. The Bertz CT molecular complexity index is 777. The van der Waals surface area contributed by atoms with Gasteiger partial charge in [0.1, 0.15) is 13.2 Å². The van der Waals surface area contributed by atoms with E-state index in [1.165, 1.54) is 0 Å². The predicted molar refractivity (Wildman–Crippen MR) is 99.6 cm³/mol. The maximum absolute atomic E-state index is 12.8. The van der Waals surface area contributed by atoms with Crippen molar-refractivity contribution in [1.82, 2.24) is 0 Å². The SMILES string of the molecule is CC(C(=O)Nc1ccccc1C(C)(C)C)c1ccc2c(c1)OCCO2. The first-order valence-corrected chi connectivity index (χ1v) is 8.66. The number of rotatable bonds is 3. The van der Waals surface area contributed by atoms with Crippen LogP contribution in [0.2, 0.25) is 0 Å². The van der Waals surface area contributed by atoms with Gasteiger partial charge in [0.2, 0.25) is 5.91 Å². The van der Waals surface area contributed by atoms with E-state index in [0.29, 0.717) is 19.0 Å². The fourth-order valence-electron chi connectivity index (χ4n) is 2.97. The maximum atomic E-state index is 12.8. The van der Waals surface area contributed by atoms with Crippen molar-refractivity contribution in [2.75, 3.05) is 18.5 Å². The zero-order chi connectivity index (χ0) is 18.0. The minimum Gasteiger partial charge on any atom is -0.486 e. The molecule has 4 heteroatoms. The first kappa shape index (κ1) is 17.3. The van der Waals surface area contributed by atoms with Gasteiger partial charge in [-0.15, -0.1) is 0 Å². The molecule has 0 saturated heterocycles. The lowest BCUT2D eigenvalue weighted by Gasteiger charge is -2.24. The fourth-order valence-corrected chi connectivity index (χ4v) is 2.97. The summed E-state index contributed by atoms with van der Waals surface area (Å²) in [5.74, 6) is 1.12. The Morgan fingerprint density at radius 2 is 1.72 bits per heavy atom. The Morgan fingerprint density at radius 3 is 2.44 bits per heavy atom. The summed E-state index contributed by atoms with van der Waals surface area (Å²) in [6.45, 7) is 9.43. The Morgan fingerprint density at radius 1 is 1.04 bits per heavy atom. The van der Waals surface area contributed by atoms with E-state index >= 15 is 0 Å². The smallest absolute Gasteiger partial charge is 0.231 e. The lowest BCUT2D eigenvalue weighted by molar-refractivity contribution is -0.117. The molecule has 1 atom stereocenters. The number of hydrogen-bond acceptors (Lipinski definition) is 3. The number of nitrogens with one attached hydrogen (secondary N) is 1. The van der Waals surface area contributed by atoms with Gasteiger partial charge in [-0.05, 0) is 41.7 Å². The third-order valence-electron chi connectivity index (χ3n) is 4.45. The van der Waals surface area contributed by atoms with Crippen LogP contribution in [0.3, 0.4) is 0 Å². The van der Waals surface area contributed by atoms with E-state index < -0.39 is 0 Å². The van der Waals surface area contributed by atoms with Gasteiger partial charge in [-0.2, -0.15) is 0 Å². The summed E-state index contributed by atoms with van der Waals surface area (Å²) in [4.78, 5) is 12.8. The number of benzene rings is 2. The standard InChI is InChI=1S/C21H25NO3/c1-14(15-9-10-18-19(13-15)25-12-11-24-18)20(23)22-17-8-6-5-7-16(17)21(2,3)4/h5-10,13-14H,11-12H2,1-4H3,(H,22,23). The van der Waals surface area contributed by atoms with E-state index in [4.69, 9.17) is 9.47 Å². The van der Waals surface area contributed by atoms with E-state index in [0.717, 1.165) is 22.6 Å². The molecular weight excluding hydrogens is 314 g/mol. The number of para-hydroxylation sites is 1. The molecule has 1 N–H and O–H groups in total. The Hall–Kier alpha value is -2.49. The second kappa shape index (κ2) is 6.79. The molecule has 1 aliphatic heterocycles. The van der Waals surface area contributed by atoms with Crippen LogP contribution >= 0.6 is 0 Å². The van der Waals surface area contributed by atoms with E-state index in [1.807, 2.05) is 43.3 Å². The second-order valence-corrected chi connectivity index (χ2v) is 7.41. The molecule has 0 fully saturated rings. The Balaban J connectivity index is 1.80. The highest BCUT2D eigenvalue weighted by atomic mass is 16.6. The predicted octanol–water partition coefficient (Wildman–Crippen LogP) is 4.50. The summed E-state index contributed by atoms with van der Waals surface area (Å²) < 4.78 is 11.2. The number of amides is 1. The summed E-state index contributed by atoms with van der Waals surface area (Å²) in [5, 5.41) is 3.08. The number of fused-ring (bicyclic) bond motifs is 1. The van der Waals surface area contributed by atoms with E-state index in [1.54, 1.807) is 0 Å². The maximum Gasteiger partial charge on any atom is 0.231 e. The van der Waals surface area contributed by atoms with E-state index in [-0.39, 0.29) is 17.2 Å². The molecule has 3 rings (SSSR count). The fraction of sp³-hybridized carbons (Fsp3) is 0.381. The molecule has 4 nitrogen and oxygen atoms in total. The van der Waals surface area contributed by atoms with Crippen molar-refractivity contribution in [3.63, 3.8) is 0 Å². The molecule has 1 amide bonds. The van der Waals surface area contributed by atoms with Crippen LogP contribution in [0.15, 0.2) is 42.5 Å². The summed E-state index contributed by atoms with van der Waals surface area (Å²) in [6.07, 6.45) is 0. The first-order valence-electron chi connectivity index (χ1n) is 8.66. The average Bonchev–Trinajstić information content (AvgIpc) is 2.60. The number of carbonyl (C=O) groups excluding carboxylic acids is 1. The van der Waals surface area contributed by atoms with Gasteiger partial charge in [0.25, 0.3) is 0 Å². The van der Waals surface area contributed by atoms with Gasteiger partial charge in [0.05, 0.1) is 5.92 Å². The third kappa shape index (κ3) is 3.78. The Kier molecular flexibility index (Phi) is 4.71. The largest absolute Gasteiger partial charge is 0.486 e. The number of carbonyl (C=O) groups is 1. The van der Waals surface area contributed by atoms with Crippen LogP contribution < -0.4 is 14.8 Å². The van der Waals surface area contributed by atoms with Crippen molar-refractivity contribution >= 4 is 11.6 Å². The van der Waals surface area contributed by atoms with Gasteiger partial charge in [0, 0.05) is 5.69 Å². The van der Waals surface area contributed by atoms with Crippen molar-refractivity contribution in [2.24, 2.45) is 0 Å². The van der Waals surface area contributed by atoms with Gasteiger partial charge >= 0.3 is 0 Å². The highest BCUT2D eigenvalue weighted by molar-refractivity contribution is 5.96. The zero-order valence-corrected chi connectivity index (χ0v) is 15.3. The molecule has 1 heterocycles. The molecule has 0 saturated carbocycles. The molecule has 0 spiro atoms. The van der Waals surface area contributed by atoms with Crippen LogP contribution in [0.5, 0.6) is 11.5 Å². The zero-order valence-electron chi connectivity index (χ0n) is 15.3. The number of anilines is 1. The Labute approximate surface area is 149 Å². The lowest BCUT2D eigenvalue weighted by Crippen LogP contribution is -2.22. The highest BCUT2D eigenvalue weighted by Crippen LogP contribution is 2.34. The minimum absolute atomic E-state index is 0.0339. The number of ether oxygens (including phenoxy) is 2.